The zero-order valence-corrected chi connectivity index (χ0v) is 18.9. The fourth-order valence-corrected chi connectivity index (χ4v) is 3.98. The smallest absolute Gasteiger partial charge is 0.270 e. The first-order valence-corrected chi connectivity index (χ1v) is 10.5. The van der Waals surface area contributed by atoms with E-state index in [4.69, 9.17) is 0 Å². The molecule has 0 aliphatic carbocycles. The van der Waals surface area contributed by atoms with Gasteiger partial charge in [-0.15, -0.1) is 0 Å². The number of pyridine rings is 1. The molecule has 31 heavy (non-hydrogen) atoms. The van der Waals surface area contributed by atoms with Crippen LogP contribution >= 0.6 is 0 Å². The molecule has 0 aliphatic heterocycles. The Bertz CT molecular complexity index is 1180. The van der Waals surface area contributed by atoms with E-state index in [0.717, 1.165) is 5.69 Å². The zero-order valence-electron chi connectivity index (χ0n) is 18.9. The van der Waals surface area contributed by atoms with Crippen LogP contribution < -0.4 is 10.9 Å². The normalized spacial score (nSPS) is 11.1. The van der Waals surface area contributed by atoms with E-state index in [-0.39, 0.29) is 23.8 Å². The minimum atomic E-state index is -0.233. The number of carbonyl (C=O) groups excluding carboxylic acids is 2. The van der Waals surface area contributed by atoms with Gasteiger partial charge in [-0.25, -0.2) is 0 Å². The Hall–Kier alpha value is -3.19. The molecule has 3 aromatic rings. The van der Waals surface area contributed by atoms with Crippen LogP contribution in [0.1, 0.15) is 39.0 Å². The quantitative estimate of drug-likeness (QED) is 0.566. The van der Waals surface area contributed by atoms with Gasteiger partial charge in [0.1, 0.15) is 5.69 Å². The lowest BCUT2D eigenvalue weighted by atomic mass is 10.1. The highest BCUT2D eigenvalue weighted by atomic mass is 16.2. The van der Waals surface area contributed by atoms with Crippen molar-refractivity contribution in [3.63, 3.8) is 0 Å². The Morgan fingerprint density at radius 2 is 1.84 bits per heavy atom. The molecule has 7 nitrogen and oxygen atoms in total. The molecule has 1 amide bonds. The van der Waals surface area contributed by atoms with E-state index in [9.17, 15) is 14.4 Å². The number of amides is 1. The topological polar surface area (TPSA) is 76.3 Å². The average Bonchev–Trinajstić information content (AvgIpc) is 3.03. The summed E-state index contributed by atoms with van der Waals surface area (Å²) in [4.78, 5) is 41.0. The van der Waals surface area contributed by atoms with Crippen molar-refractivity contribution in [1.82, 2.24) is 19.4 Å². The van der Waals surface area contributed by atoms with Crippen LogP contribution in [0.3, 0.4) is 0 Å². The van der Waals surface area contributed by atoms with Gasteiger partial charge in [-0.1, -0.05) is 37.3 Å². The zero-order chi connectivity index (χ0) is 22.7. The Morgan fingerprint density at radius 3 is 2.45 bits per heavy atom. The van der Waals surface area contributed by atoms with Gasteiger partial charge in [0, 0.05) is 38.4 Å². The maximum absolute atomic E-state index is 13.5. The maximum Gasteiger partial charge on any atom is 0.270 e. The Kier molecular flexibility index (Phi) is 6.75. The van der Waals surface area contributed by atoms with Crippen molar-refractivity contribution in [2.24, 2.45) is 7.05 Å². The van der Waals surface area contributed by atoms with Crippen LogP contribution in [0.15, 0.2) is 41.2 Å². The molecule has 1 N–H and O–H groups in total. The van der Waals surface area contributed by atoms with Crippen LogP contribution in [0.4, 0.5) is 0 Å². The summed E-state index contributed by atoms with van der Waals surface area (Å²) in [5, 5.41) is 3.53. The summed E-state index contributed by atoms with van der Waals surface area (Å²) in [6.45, 7) is 4.98. The van der Waals surface area contributed by atoms with Gasteiger partial charge in [-0.2, -0.15) is 0 Å². The summed E-state index contributed by atoms with van der Waals surface area (Å²) in [6.07, 6.45) is 0.600. The monoisotopic (exact) mass is 422 g/mol. The highest BCUT2D eigenvalue weighted by Gasteiger charge is 2.25. The number of likely N-dealkylation sites (N-methyl/N-ethyl adjacent to an activating group) is 2. The molecule has 3 rings (SSSR count). The van der Waals surface area contributed by atoms with Crippen molar-refractivity contribution < 1.29 is 9.59 Å². The van der Waals surface area contributed by atoms with Gasteiger partial charge in [-0.05, 0) is 32.0 Å². The summed E-state index contributed by atoms with van der Waals surface area (Å²) in [6, 6.07) is 10.9. The van der Waals surface area contributed by atoms with E-state index >= 15 is 0 Å². The number of ketones is 1. The second kappa shape index (κ2) is 9.31. The van der Waals surface area contributed by atoms with Crippen LogP contribution in [-0.4, -0.2) is 52.9 Å². The fraction of sp³-hybridized carbons (Fsp3) is 0.375. The summed E-state index contributed by atoms with van der Waals surface area (Å²) in [5.41, 5.74) is 2.97. The third-order valence-electron chi connectivity index (χ3n) is 5.80. The first kappa shape index (κ1) is 22.5. The van der Waals surface area contributed by atoms with Crippen molar-refractivity contribution in [2.75, 3.05) is 27.2 Å². The Labute approximate surface area is 182 Å². The van der Waals surface area contributed by atoms with E-state index in [1.807, 2.05) is 45.3 Å². The molecule has 0 bridgehead atoms. The molecule has 0 unspecified atom stereocenters. The van der Waals surface area contributed by atoms with Crippen molar-refractivity contribution in [3.05, 3.63) is 69.3 Å². The number of benzene rings is 1. The molecular formula is C24H30N4O3. The number of aromatic nitrogens is 2. The fourth-order valence-electron chi connectivity index (χ4n) is 3.98. The van der Waals surface area contributed by atoms with Crippen molar-refractivity contribution in [1.29, 1.82) is 0 Å². The number of nitrogens with one attached hydrogen (secondary N) is 1. The van der Waals surface area contributed by atoms with Crippen molar-refractivity contribution in [2.45, 2.75) is 26.8 Å². The Balaban J connectivity index is 2.11. The molecule has 164 valence electrons. The predicted octanol–water partition coefficient (Wildman–Crippen LogP) is 2.39. The maximum atomic E-state index is 13.5. The van der Waals surface area contributed by atoms with Gasteiger partial charge in [-0.3, -0.25) is 14.4 Å². The molecule has 0 saturated carbocycles. The number of Topliss-reactive ketones (excluding diaryl/α,β-unsaturated/α-hetero) is 1. The highest BCUT2D eigenvalue weighted by molar-refractivity contribution is 6.01. The van der Waals surface area contributed by atoms with Gasteiger partial charge in [0.2, 0.25) is 0 Å². The molecule has 0 radical (unpaired) electrons. The number of nitrogens with zero attached hydrogens (tertiary/aromatic N) is 3. The molecule has 1 aromatic carbocycles. The molecular weight excluding hydrogens is 392 g/mol. The van der Waals surface area contributed by atoms with E-state index in [1.165, 1.54) is 0 Å². The lowest BCUT2D eigenvalue weighted by Gasteiger charge is -2.18. The highest BCUT2D eigenvalue weighted by Crippen LogP contribution is 2.24. The number of carbonyl (C=O) groups is 2. The second-order valence-corrected chi connectivity index (χ2v) is 7.79. The largest absolute Gasteiger partial charge is 0.339 e. The molecule has 0 spiro atoms. The van der Waals surface area contributed by atoms with Gasteiger partial charge < -0.3 is 19.4 Å². The van der Waals surface area contributed by atoms with Gasteiger partial charge in [0.25, 0.3) is 11.5 Å². The van der Waals surface area contributed by atoms with Crippen LogP contribution in [0, 0.1) is 6.92 Å². The van der Waals surface area contributed by atoms with E-state index in [2.05, 4.69) is 5.32 Å². The lowest BCUT2D eigenvalue weighted by molar-refractivity contribution is 0.0787. The van der Waals surface area contributed by atoms with Crippen LogP contribution in [0.25, 0.3) is 10.9 Å². The molecule has 7 heteroatoms. The van der Waals surface area contributed by atoms with Crippen molar-refractivity contribution in [3.8, 4) is 0 Å². The van der Waals surface area contributed by atoms with Crippen LogP contribution in [0.5, 0.6) is 0 Å². The summed E-state index contributed by atoms with van der Waals surface area (Å²) in [7, 11) is 5.41. The van der Waals surface area contributed by atoms with E-state index in [1.54, 1.807) is 40.1 Å². The van der Waals surface area contributed by atoms with E-state index < -0.39 is 0 Å². The third kappa shape index (κ3) is 4.18. The minimum Gasteiger partial charge on any atom is -0.339 e. The standard InChI is InChI=1S/C24H30N4O3/c1-6-18-14-19-21(16(2)22(27(19)5)24(31)26(4)13-12-25-3)23(30)28(18)15-20(29)17-10-8-7-9-11-17/h7-11,14,25H,6,12-13,15H2,1-5H3. The average molecular weight is 423 g/mol. The molecule has 0 saturated heterocycles. The van der Waals surface area contributed by atoms with E-state index in [0.29, 0.717) is 47.2 Å². The van der Waals surface area contributed by atoms with Crippen LogP contribution in [0.2, 0.25) is 0 Å². The molecule has 2 heterocycles. The van der Waals surface area contributed by atoms with Gasteiger partial charge in [0.15, 0.2) is 5.78 Å². The molecule has 0 aliphatic rings. The lowest BCUT2D eigenvalue weighted by Crippen LogP contribution is -2.34. The van der Waals surface area contributed by atoms with Crippen LogP contribution in [-0.2, 0) is 20.0 Å². The summed E-state index contributed by atoms with van der Waals surface area (Å²) in [5.74, 6) is -0.246. The first-order valence-electron chi connectivity index (χ1n) is 10.5. The van der Waals surface area contributed by atoms with Crippen molar-refractivity contribution >= 4 is 22.6 Å². The number of aryl methyl sites for hydroxylation is 3. The third-order valence-corrected chi connectivity index (χ3v) is 5.80. The minimum absolute atomic E-state index is 0.0261. The molecule has 0 fully saturated rings. The molecule has 2 aromatic heterocycles. The number of hydrogen-bond acceptors (Lipinski definition) is 4. The Morgan fingerprint density at radius 1 is 1.16 bits per heavy atom. The number of fused-ring (bicyclic) bond motifs is 1. The SMILES string of the molecule is CCc1cc2c(c(C)c(C(=O)N(C)CCNC)n2C)c(=O)n1CC(=O)c1ccccc1. The second-order valence-electron chi connectivity index (χ2n) is 7.79. The summed E-state index contributed by atoms with van der Waals surface area (Å²) < 4.78 is 3.34. The number of hydrogen-bond donors (Lipinski definition) is 1. The van der Waals surface area contributed by atoms with Gasteiger partial charge in [0.05, 0.1) is 17.4 Å². The summed E-state index contributed by atoms with van der Waals surface area (Å²) >= 11 is 0. The number of rotatable bonds is 8. The first-order chi connectivity index (χ1) is 14.8. The molecule has 0 atom stereocenters. The van der Waals surface area contributed by atoms with Gasteiger partial charge >= 0.3 is 0 Å². The predicted molar refractivity (Wildman–Crippen MR) is 123 cm³/mol.